The predicted molar refractivity (Wildman–Crippen MR) is 129 cm³/mol. The van der Waals surface area contributed by atoms with Crippen LogP contribution in [0.5, 0.6) is 11.5 Å². The number of esters is 2. The molecule has 3 aromatic carbocycles. The van der Waals surface area contributed by atoms with E-state index in [0.29, 0.717) is 22.6 Å². The molecule has 0 aliphatic carbocycles. The van der Waals surface area contributed by atoms with Crippen molar-refractivity contribution in [3.8, 4) is 11.5 Å². The van der Waals surface area contributed by atoms with Crippen molar-refractivity contribution < 1.29 is 27.8 Å². The maximum absolute atomic E-state index is 14.6. The Morgan fingerprint density at radius 2 is 1.18 bits per heavy atom. The van der Waals surface area contributed by atoms with Crippen LogP contribution >= 0.6 is 0 Å². The third kappa shape index (κ3) is 6.46. The minimum absolute atomic E-state index is 0.0662. The lowest BCUT2D eigenvalue weighted by Crippen LogP contribution is -2.02. The number of carbonyl (C=O) groups is 2. The highest BCUT2D eigenvalue weighted by Gasteiger charge is 2.10. The molecule has 0 fully saturated rings. The van der Waals surface area contributed by atoms with Gasteiger partial charge < -0.3 is 9.47 Å². The number of hydrogen-bond acceptors (Lipinski definition) is 4. The van der Waals surface area contributed by atoms with Crippen LogP contribution in [0.25, 0.3) is 24.3 Å². The maximum Gasteiger partial charge on any atom is 0.335 e. The van der Waals surface area contributed by atoms with Crippen LogP contribution in [0.4, 0.5) is 8.78 Å². The van der Waals surface area contributed by atoms with Crippen molar-refractivity contribution in [2.45, 2.75) is 0 Å². The van der Waals surface area contributed by atoms with E-state index in [4.69, 9.17) is 9.47 Å². The van der Waals surface area contributed by atoms with Crippen LogP contribution in [-0.4, -0.2) is 11.9 Å². The van der Waals surface area contributed by atoms with Gasteiger partial charge >= 0.3 is 11.9 Å². The van der Waals surface area contributed by atoms with Crippen LogP contribution in [0.3, 0.4) is 0 Å². The molecule has 0 unspecified atom stereocenters. The van der Waals surface area contributed by atoms with E-state index in [9.17, 15) is 18.4 Å². The summed E-state index contributed by atoms with van der Waals surface area (Å²) in [7, 11) is 0. The molecular weight excluding hydrogens is 438 g/mol. The summed E-state index contributed by atoms with van der Waals surface area (Å²) in [5.41, 5.74) is 1.49. The van der Waals surface area contributed by atoms with Gasteiger partial charge in [0.2, 0.25) is 0 Å². The van der Waals surface area contributed by atoms with E-state index in [1.165, 1.54) is 24.3 Å². The van der Waals surface area contributed by atoms with Crippen molar-refractivity contribution >= 4 is 36.2 Å². The topological polar surface area (TPSA) is 52.6 Å². The summed E-state index contributed by atoms with van der Waals surface area (Å²) < 4.78 is 39.2. The van der Waals surface area contributed by atoms with Crippen LogP contribution < -0.4 is 9.47 Å². The Bertz CT molecular complexity index is 1290. The molecule has 3 rings (SSSR count). The van der Waals surface area contributed by atoms with Gasteiger partial charge in [-0.1, -0.05) is 73.9 Å². The van der Waals surface area contributed by atoms with Gasteiger partial charge in [-0.05, 0) is 35.4 Å². The minimum atomic E-state index is -0.987. The molecule has 4 nitrogen and oxygen atoms in total. The zero-order valence-corrected chi connectivity index (χ0v) is 18.0. The molecule has 0 aliphatic rings. The second-order valence-electron chi connectivity index (χ2n) is 6.93. The van der Waals surface area contributed by atoms with E-state index in [0.717, 1.165) is 12.2 Å². The number of halogens is 2. The molecule has 0 atom stereocenters. The summed E-state index contributed by atoms with van der Waals surface area (Å²) in [4.78, 5) is 22.5. The Morgan fingerprint density at radius 3 is 1.74 bits per heavy atom. The van der Waals surface area contributed by atoms with E-state index in [2.05, 4.69) is 13.2 Å². The molecular formula is C28H20F2O4. The first-order valence-electron chi connectivity index (χ1n) is 10.1. The molecule has 3 aromatic rings. The molecule has 0 saturated heterocycles. The van der Waals surface area contributed by atoms with Gasteiger partial charge in [-0.2, -0.15) is 0 Å². The molecule has 0 heterocycles. The van der Waals surface area contributed by atoms with Gasteiger partial charge in [0.15, 0.2) is 11.6 Å². The third-order valence-corrected chi connectivity index (χ3v) is 4.56. The molecule has 0 spiro atoms. The Labute approximate surface area is 195 Å². The Kier molecular flexibility index (Phi) is 8.02. The van der Waals surface area contributed by atoms with Crippen molar-refractivity contribution in [1.82, 2.24) is 0 Å². The van der Waals surface area contributed by atoms with Crippen molar-refractivity contribution in [2.75, 3.05) is 0 Å². The molecule has 0 aliphatic heterocycles. The molecule has 0 amide bonds. The fourth-order valence-corrected chi connectivity index (χ4v) is 2.85. The third-order valence-electron chi connectivity index (χ3n) is 4.56. The molecule has 6 heteroatoms. The number of carbonyl (C=O) groups excluding carboxylic acids is 2. The van der Waals surface area contributed by atoms with Gasteiger partial charge in [-0.15, -0.1) is 0 Å². The standard InChI is InChI=1S/C28H20F2O4/c1-3-25(31)33-23-16-10-19(11-17-23)8-12-21-14-15-22(28(30)27(21)29)13-9-20-6-5-7-24(18-20)34-26(32)4-2/h3-18H,1-2H2/b12-8+,13-9+. The van der Waals surface area contributed by atoms with Crippen LogP contribution in [0.2, 0.25) is 0 Å². The maximum atomic E-state index is 14.6. The van der Waals surface area contributed by atoms with E-state index < -0.39 is 23.6 Å². The smallest absolute Gasteiger partial charge is 0.335 e. The van der Waals surface area contributed by atoms with E-state index in [-0.39, 0.29) is 11.1 Å². The van der Waals surface area contributed by atoms with E-state index in [1.54, 1.807) is 60.7 Å². The summed E-state index contributed by atoms with van der Waals surface area (Å²) >= 11 is 0. The highest BCUT2D eigenvalue weighted by Crippen LogP contribution is 2.22. The second kappa shape index (κ2) is 11.3. The first-order chi connectivity index (χ1) is 16.4. The predicted octanol–water partition coefficient (Wildman–Crippen LogP) is 6.49. The normalized spacial score (nSPS) is 10.9. The Morgan fingerprint density at radius 1 is 0.647 bits per heavy atom. The Hall–Kier alpha value is -4.58. The van der Waals surface area contributed by atoms with Gasteiger partial charge in [-0.3, -0.25) is 0 Å². The SMILES string of the molecule is C=CC(=O)Oc1ccc(/C=C/c2ccc(/C=C/c3cccc(OC(=O)C=C)c3)c(F)c2F)cc1. The van der Waals surface area contributed by atoms with Crippen molar-refractivity contribution in [2.24, 2.45) is 0 Å². The highest BCUT2D eigenvalue weighted by molar-refractivity contribution is 5.84. The molecule has 0 saturated carbocycles. The zero-order valence-electron chi connectivity index (χ0n) is 18.0. The van der Waals surface area contributed by atoms with Gasteiger partial charge in [-0.25, -0.2) is 18.4 Å². The van der Waals surface area contributed by atoms with Crippen LogP contribution in [0.1, 0.15) is 22.3 Å². The van der Waals surface area contributed by atoms with Crippen molar-refractivity contribution in [3.05, 3.63) is 120 Å². The number of ether oxygens (including phenoxy) is 2. The van der Waals surface area contributed by atoms with Crippen LogP contribution in [0, 0.1) is 11.6 Å². The Balaban J connectivity index is 1.73. The monoisotopic (exact) mass is 458 g/mol. The first kappa shape index (κ1) is 24.1. The number of benzene rings is 3. The summed E-state index contributed by atoms with van der Waals surface area (Å²) in [5, 5.41) is 0. The second-order valence-corrected chi connectivity index (χ2v) is 6.93. The van der Waals surface area contributed by atoms with E-state index in [1.807, 2.05) is 0 Å². The molecule has 0 aromatic heterocycles. The molecule has 0 N–H and O–H groups in total. The van der Waals surface area contributed by atoms with Gasteiger partial charge in [0.1, 0.15) is 11.5 Å². The van der Waals surface area contributed by atoms with Gasteiger partial charge in [0.05, 0.1) is 0 Å². The zero-order chi connectivity index (χ0) is 24.5. The summed E-state index contributed by atoms with van der Waals surface area (Å²) in [5.74, 6) is -2.47. The van der Waals surface area contributed by atoms with Crippen molar-refractivity contribution in [3.63, 3.8) is 0 Å². The molecule has 34 heavy (non-hydrogen) atoms. The van der Waals surface area contributed by atoms with E-state index >= 15 is 0 Å². The first-order valence-corrected chi connectivity index (χ1v) is 10.1. The van der Waals surface area contributed by atoms with Gasteiger partial charge in [0.25, 0.3) is 0 Å². The lowest BCUT2D eigenvalue weighted by molar-refractivity contribution is -0.129. The fraction of sp³-hybridized carbons (Fsp3) is 0. The minimum Gasteiger partial charge on any atom is -0.423 e. The largest absolute Gasteiger partial charge is 0.423 e. The highest BCUT2D eigenvalue weighted by atomic mass is 19.2. The molecule has 0 radical (unpaired) electrons. The molecule has 170 valence electrons. The number of hydrogen-bond donors (Lipinski definition) is 0. The lowest BCUT2D eigenvalue weighted by Gasteiger charge is -2.04. The van der Waals surface area contributed by atoms with Gasteiger partial charge in [0, 0.05) is 23.3 Å². The van der Waals surface area contributed by atoms with Crippen LogP contribution in [0.15, 0.2) is 86.0 Å². The lowest BCUT2D eigenvalue weighted by atomic mass is 10.1. The quantitative estimate of drug-likeness (QED) is 0.168. The summed E-state index contributed by atoms with van der Waals surface area (Å²) in [6, 6.07) is 16.0. The average Bonchev–Trinajstić information content (AvgIpc) is 2.85. The van der Waals surface area contributed by atoms with Crippen LogP contribution in [-0.2, 0) is 9.59 Å². The summed E-state index contributed by atoms with van der Waals surface area (Å²) in [6.45, 7) is 6.66. The fourth-order valence-electron chi connectivity index (χ4n) is 2.85. The van der Waals surface area contributed by atoms with Crippen molar-refractivity contribution in [1.29, 1.82) is 0 Å². The molecule has 0 bridgehead atoms. The number of rotatable bonds is 8. The summed E-state index contributed by atoms with van der Waals surface area (Å²) in [6.07, 6.45) is 8.19. The average molecular weight is 458 g/mol.